The lowest BCUT2D eigenvalue weighted by molar-refractivity contribution is -0.161. The highest BCUT2D eigenvalue weighted by atomic mass is 32.2. The molecule has 3 aromatic rings. The molecule has 1 aliphatic heterocycles. The average molecular weight is 578 g/mol. The Labute approximate surface area is 240 Å². The van der Waals surface area contributed by atoms with Crippen LogP contribution in [0.1, 0.15) is 31.1 Å². The molecule has 1 aliphatic rings. The van der Waals surface area contributed by atoms with Gasteiger partial charge in [-0.15, -0.1) is 11.8 Å². The van der Waals surface area contributed by atoms with Crippen molar-refractivity contribution in [2.75, 3.05) is 12.9 Å². The second kappa shape index (κ2) is 13.0. The summed E-state index contributed by atoms with van der Waals surface area (Å²) in [5.41, 5.74) is 9.28. The topological polar surface area (TPSA) is 114 Å². The molecular weight excluding hydrogens is 542 g/mol. The van der Waals surface area contributed by atoms with E-state index in [1.165, 1.54) is 11.8 Å². The Morgan fingerprint density at radius 2 is 1.52 bits per heavy atom. The summed E-state index contributed by atoms with van der Waals surface area (Å²) in [6.45, 7) is 6.23. The van der Waals surface area contributed by atoms with Gasteiger partial charge in [0.15, 0.2) is 0 Å². The molecule has 8 nitrogen and oxygen atoms in total. The molecule has 1 fully saturated rings. The Kier molecular flexibility index (Phi) is 9.73. The van der Waals surface area contributed by atoms with Gasteiger partial charge in [0, 0.05) is 4.91 Å². The van der Waals surface area contributed by atoms with Crippen LogP contribution in [0.15, 0.2) is 96.1 Å². The Morgan fingerprint density at radius 3 is 2.00 bits per heavy atom. The van der Waals surface area contributed by atoms with E-state index in [0.29, 0.717) is 5.56 Å². The number of carbonyl (C=O) groups excluding carboxylic acids is 1. The van der Waals surface area contributed by atoms with Crippen LogP contribution in [0.4, 0.5) is 0 Å². The normalized spacial score (nSPS) is 23.2. The maximum Gasteiger partial charge on any atom is 0.338 e. The van der Waals surface area contributed by atoms with Gasteiger partial charge in [0.05, 0.1) is 11.7 Å². The molecule has 0 radical (unpaired) electrons. The van der Waals surface area contributed by atoms with Crippen LogP contribution >= 0.6 is 11.8 Å². The van der Waals surface area contributed by atoms with E-state index in [2.05, 4.69) is 55.1 Å². The monoisotopic (exact) mass is 577 g/mol. The standard InChI is InChI=1S/C30H35N3O5SSi/c1-30(2,3)40(22-16-10-6-11-17-22,23-18-12-7-13-19-23)38-27-25(32-33-31)29(39-4)37-24(26(27)34)20-36-28(35)21-14-8-5-9-15-21/h5-19,24-27,29,34H,20H2,1-4H3/t24?,25?,26-,27+,29-/m0/s1. The molecule has 0 aromatic heterocycles. The van der Waals surface area contributed by atoms with Crippen LogP contribution in [0.3, 0.4) is 0 Å². The molecule has 0 spiro atoms. The molecule has 1 N–H and O–H groups in total. The first kappa shape index (κ1) is 29.9. The number of rotatable bonds is 9. The van der Waals surface area contributed by atoms with Crippen LogP contribution < -0.4 is 10.4 Å². The van der Waals surface area contributed by atoms with Crippen molar-refractivity contribution in [1.82, 2.24) is 0 Å². The van der Waals surface area contributed by atoms with E-state index >= 15 is 0 Å². The molecule has 0 amide bonds. The second-order valence-corrected chi connectivity index (χ2v) is 15.9. The van der Waals surface area contributed by atoms with Crippen LogP contribution in [-0.2, 0) is 13.9 Å². The average Bonchev–Trinajstić information content (AvgIpc) is 2.97. The highest BCUT2D eigenvalue weighted by Crippen LogP contribution is 2.41. The number of hydrogen-bond acceptors (Lipinski definition) is 7. The van der Waals surface area contributed by atoms with Crippen LogP contribution in [0.5, 0.6) is 0 Å². The largest absolute Gasteiger partial charge is 0.459 e. The number of thioether (sulfide) groups is 1. The fraction of sp³-hybridized carbons (Fsp3) is 0.367. The molecule has 1 heterocycles. The van der Waals surface area contributed by atoms with E-state index in [1.807, 2.05) is 48.7 Å². The van der Waals surface area contributed by atoms with Gasteiger partial charge in [0.2, 0.25) is 0 Å². The minimum Gasteiger partial charge on any atom is -0.459 e. The van der Waals surface area contributed by atoms with E-state index in [9.17, 15) is 15.4 Å². The SMILES string of the molecule is CS[C@@H]1OC(COC(=O)c2ccccc2)[C@H](O)[C@H](O[Si](c2ccccc2)(c2ccccc2)C(C)(C)C)C1N=[N+]=[N-]. The van der Waals surface area contributed by atoms with Crippen molar-refractivity contribution in [2.45, 2.75) is 55.6 Å². The molecule has 0 aliphatic carbocycles. The molecule has 0 bridgehead atoms. The first-order valence-corrected chi connectivity index (χ1v) is 16.3. The Balaban J connectivity index is 1.76. The van der Waals surface area contributed by atoms with Crippen LogP contribution in [0, 0.1) is 0 Å². The Bertz CT molecular complexity index is 1260. The number of esters is 1. The maximum absolute atomic E-state index is 12.7. The molecule has 5 atom stereocenters. The minimum absolute atomic E-state index is 0.185. The van der Waals surface area contributed by atoms with Crippen molar-refractivity contribution >= 4 is 36.4 Å². The summed E-state index contributed by atoms with van der Waals surface area (Å²) in [6, 6.07) is 27.9. The molecule has 10 heteroatoms. The zero-order valence-corrected chi connectivity index (χ0v) is 24.9. The summed E-state index contributed by atoms with van der Waals surface area (Å²) in [5, 5.41) is 17.5. The number of nitrogens with zero attached hydrogens (tertiary/aromatic N) is 3. The minimum atomic E-state index is -3.13. The Morgan fingerprint density at radius 1 is 1.00 bits per heavy atom. The highest BCUT2D eigenvalue weighted by Gasteiger charge is 2.56. The van der Waals surface area contributed by atoms with Crippen molar-refractivity contribution in [2.24, 2.45) is 5.11 Å². The van der Waals surface area contributed by atoms with Gasteiger partial charge in [0.25, 0.3) is 8.32 Å². The van der Waals surface area contributed by atoms with Gasteiger partial charge in [-0.05, 0) is 39.3 Å². The van der Waals surface area contributed by atoms with Crippen molar-refractivity contribution < 1.29 is 23.8 Å². The fourth-order valence-corrected chi connectivity index (χ4v) is 10.7. The molecule has 210 valence electrons. The Hall–Kier alpha value is -3.11. The van der Waals surface area contributed by atoms with Crippen LogP contribution in [0.25, 0.3) is 10.4 Å². The molecule has 3 aromatic carbocycles. The molecule has 2 unspecified atom stereocenters. The third kappa shape index (κ3) is 6.12. The van der Waals surface area contributed by atoms with Gasteiger partial charge in [-0.3, -0.25) is 0 Å². The molecular formula is C30H35N3O5SSi. The first-order chi connectivity index (χ1) is 19.2. The van der Waals surface area contributed by atoms with E-state index in [0.717, 1.165) is 10.4 Å². The number of carbonyl (C=O) groups is 1. The zero-order valence-electron chi connectivity index (χ0n) is 23.1. The van der Waals surface area contributed by atoms with Crippen molar-refractivity contribution in [3.8, 4) is 0 Å². The zero-order chi connectivity index (χ0) is 28.8. The molecule has 1 saturated heterocycles. The van der Waals surface area contributed by atoms with Gasteiger partial charge in [-0.25, -0.2) is 4.79 Å². The van der Waals surface area contributed by atoms with Gasteiger partial charge in [0.1, 0.15) is 30.3 Å². The van der Waals surface area contributed by atoms with Gasteiger partial charge in [-0.1, -0.05) is 105 Å². The third-order valence-corrected chi connectivity index (χ3v) is 13.1. The smallest absolute Gasteiger partial charge is 0.338 e. The lowest BCUT2D eigenvalue weighted by atomic mass is 9.99. The number of hydrogen-bond donors (Lipinski definition) is 1. The predicted molar refractivity (Wildman–Crippen MR) is 160 cm³/mol. The van der Waals surface area contributed by atoms with Gasteiger partial charge in [-0.2, -0.15) is 0 Å². The number of aliphatic hydroxyl groups is 1. The third-order valence-electron chi connectivity index (χ3n) is 7.18. The lowest BCUT2D eigenvalue weighted by Gasteiger charge is -2.50. The van der Waals surface area contributed by atoms with Crippen molar-refractivity contribution in [3.63, 3.8) is 0 Å². The van der Waals surface area contributed by atoms with E-state index in [1.54, 1.807) is 24.3 Å². The van der Waals surface area contributed by atoms with Crippen molar-refractivity contribution in [3.05, 3.63) is 107 Å². The summed E-state index contributed by atoms with van der Waals surface area (Å²) in [4.78, 5) is 15.8. The summed E-state index contributed by atoms with van der Waals surface area (Å²) < 4.78 is 18.9. The predicted octanol–water partition coefficient (Wildman–Crippen LogP) is 4.92. The second-order valence-electron chi connectivity index (χ2n) is 10.7. The fourth-order valence-electron chi connectivity index (χ4n) is 5.26. The number of aliphatic hydroxyl groups excluding tert-OH is 1. The number of benzene rings is 3. The summed E-state index contributed by atoms with van der Waals surface area (Å²) in [6.07, 6.45) is -1.20. The van der Waals surface area contributed by atoms with E-state index in [4.69, 9.17) is 13.9 Å². The summed E-state index contributed by atoms with van der Waals surface area (Å²) in [5.74, 6) is -0.515. The van der Waals surface area contributed by atoms with E-state index < -0.39 is 44.1 Å². The van der Waals surface area contributed by atoms with Crippen molar-refractivity contribution in [1.29, 1.82) is 0 Å². The molecule has 40 heavy (non-hydrogen) atoms. The van der Waals surface area contributed by atoms with Crippen LogP contribution in [0.2, 0.25) is 5.04 Å². The highest BCUT2D eigenvalue weighted by molar-refractivity contribution is 7.99. The van der Waals surface area contributed by atoms with Crippen LogP contribution in [-0.4, -0.2) is 62.0 Å². The lowest BCUT2D eigenvalue weighted by Crippen LogP contribution is -2.71. The first-order valence-electron chi connectivity index (χ1n) is 13.1. The summed E-state index contributed by atoms with van der Waals surface area (Å²) in [7, 11) is -3.13. The van der Waals surface area contributed by atoms with Gasteiger partial charge < -0.3 is 19.0 Å². The van der Waals surface area contributed by atoms with Gasteiger partial charge >= 0.3 is 5.97 Å². The number of ether oxygens (including phenoxy) is 2. The molecule has 4 rings (SSSR count). The number of azide groups is 1. The quantitative estimate of drug-likeness (QED) is 0.127. The van der Waals surface area contributed by atoms with E-state index in [-0.39, 0.29) is 11.6 Å². The maximum atomic E-state index is 12.7. The molecule has 0 saturated carbocycles. The summed E-state index contributed by atoms with van der Waals surface area (Å²) >= 11 is 1.36.